The van der Waals surface area contributed by atoms with Gasteiger partial charge in [0.15, 0.2) is 5.96 Å². The number of pyridine rings is 1. The topological polar surface area (TPSA) is 55.8 Å². The van der Waals surface area contributed by atoms with Gasteiger partial charge in [0.2, 0.25) is 0 Å². The number of thiophene rings is 1. The molecular formula is C23H34N6S. The zero-order chi connectivity index (χ0) is 20.6. The molecule has 2 aliphatic heterocycles. The van der Waals surface area contributed by atoms with Crippen LogP contribution in [0.1, 0.15) is 49.1 Å². The molecule has 0 radical (unpaired) electrons. The molecule has 30 heavy (non-hydrogen) atoms. The predicted octanol–water partition coefficient (Wildman–Crippen LogP) is 3.64. The molecule has 0 spiro atoms. The molecule has 0 amide bonds. The van der Waals surface area contributed by atoms with Crippen molar-refractivity contribution in [3.63, 3.8) is 0 Å². The van der Waals surface area contributed by atoms with E-state index in [0.29, 0.717) is 12.6 Å². The molecule has 0 bridgehead atoms. The minimum absolute atomic E-state index is 0.416. The van der Waals surface area contributed by atoms with Gasteiger partial charge in [-0.15, -0.1) is 11.3 Å². The van der Waals surface area contributed by atoms with Crippen molar-refractivity contribution in [1.82, 2.24) is 20.5 Å². The number of hydrogen-bond donors (Lipinski definition) is 2. The van der Waals surface area contributed by atoms with E-state index < -0.39 is 0 Å². The van der Waals surface area contributed by atoms with Gasteiger partial charge in [0.25, 0.3) is 0 Å². The van der Waals surface area contributed by atoms with Gasteiger partial charge in [-0.05, 0) is 74.8 Å². The van der Waals surface area contributed by atoms with Gasteiger partial charge in [0.05, 0.1) is 12.6 Å². The Kier molecular flexibility index (Phi) is 7.59. The predicted molar refractivity (Wildman–Crippen MR) is 126 cm³/mol. The fourth-order valence-corrected chi connectivity index (χ4v) is 5.19. The Morgan fingerprint density at radius 1 is 1.13 bits per heavy atom. The molecule has 0 aliphatic carbocycles. The number of rotatable bonds is 8. The van der Waals surface area contributed by atoms with Crippen LogP contribution in [0, 0.1) is 0 Å². The lowest BCUT2D eigenvalue weighted by Gasteiger charge is -2.27. The van der Waals surface area contributed by atoms with Crippen LogP contribution in [0.4, 0.5) is 5.82 Å². The molecule has 2 aromatic heterocycles. The fourth-order valence-electron chi connectivity index (χ4n) is 4.33. The van der Waals surface area contributed by atoms with Crippen LogP contribution in [-0.2, 0) is 6.54 Å². The molecular weight excluding hydrogens is 392 g/mol. The average molecular weight is 427 g/mol. The summed E-state index contributed by atoms with van der Waals surface area (Å²) >= 11 is 1.85. The summed E-state index contributed by atoms with van der Waals surface area (Å²) in [7, 11) is 0. The maximum Gasteiger partial charge on any atom is 0.191 e. The van der Waals surface area contributed by atoms with Gasteiger partial charge in [-0.1, -0.05) is 6.07 Å². The molecule has 2 aliphatic rings. The highest BCUT2D eigenvalue weighted by Gasteiger charge is 2.24. The summed E-state index contributed by atoms with van der Waals surface area (Å²) in [4.78, 5) is 15.8. The Morgan fingerprint density at radius 3 is 2.67 bits per heavy atom. The second kappa shape index (κ2) is 10.8. The molecule has 0 saturated carbocycles. The van der Waals surface area contributed by atoms with E-state index in [9.17, 15) is 0 Å². The zero-order valence-corrected chi connectivity index (χ0v) is 18.8. The Morgan fingerprint density at radius 2 is 1.93 bits per heavy atom. The van der Waals surface area contributed by atoms with E-state index in [4.69, 9.17) is 4.99 Å². The van der Waals surface area contributed by atoms with Crippen LogP contribution in [0.5, 0.6) is 0 Å². The third-order valence-electron chi connectivity index (χ3n) is 5.92. The van der Waals surface area contributed by atoms with Crippen molar-refractivity contribution in [2.45, 2.75) is 45.2 Å². The van der Waals surface area contributed by atoms with Crippen LogP contribution in [0.25, 0.3) is 0 Å². The second-order valence-corrected chi connectivity index (χ2v) is 9.05. The minimum atomic E-state index is 0.416. The number of aromatic nitrogens is 1. The van der Waals surface area contributed by atoms with E-state index in [0.717, 1.165) is 38.0 Å². The monoisotopic (exact) mass is 426 g/mol. The van der Waals surface area contributed by atoms with Crippen LogP contribution in [0.3, 0.4) is 0 Å². The standard InChI is InChI=1S/C23H34N6S/c1-2-24-23(26-17-19-9-10-25-22(16-19)29-13-5-6-14-29)27-18-20(21-8-7-15-30-21)28-11-3-4-12-28/h7-10,15-16,20H,2-6,11-14,17-18H2,1H3,(H2,24,26,27). The molecule has 2 N–H and O–H groups in total. The molecule has 1 unspecified atom stereocenters. The maximum absolute atomic E-state index is 4.86. The van der Waals surface area contributed by atoms with Crippen molar-refractivity contribution in [3.8, 4) is 0 Å². The average Bonchev–Trinajstić information content (AvgIpc) is 3.56. The number of aliphatic imine (C=N–C) groups is 1. The van der Waals surface area contributed by atoms with Crippen molar-refractivity contribution in [2.24, 2.45) is 4.99 Å². The van der Waals surface area contributed by atoms with Crippen LogP contribution < -0.4 is 15.5 Å². The van der Waals surface area contributed by atoms with Crippen molar-refractivity contribution >= 4 is 23.1 Å². The van der Waals surface area contributed by atoms with E-state index in [1.54, 1.807) is 0 Å². The second-order valence-electron chi connectivity index (χ2n) is 8.07. The summed E-state index contributed by atoms with van der Waals surface area (Å²) in [6.45, 7) is 9.12. The number of guanidine groups is 1. The molecule has 2 fully saturated rings. The molecule has 6 nitrogen and oxygen atoms in total. The van der Waals surface area contributed by atoms with E-state index >= 15 is 0 Å². The summed E-state index contributed by atoms with van der Waals surface area (Å²) in [5.74, 6) is 1.97. The molecule has 2 saturated heterocycles. The van der Waals surface area contributed by atoms with Gasteiger partial charge in [0, 0.05) is 37.3 Å². The molecule has 4 heterocycles. The summed E-state index contributed by atoms with van der Waals surface area (Å²) in [5, 5.41) is 9.19. The molecule has 162 valence electrons. The lowest BCUT2D eigenvalue weighted by atomic mass is 10.2. The van der Waals surface area contributed by atoms with Crippen molar-refractivity contribution in [3.05, 3.63) is 46.3 Å². The summed E-state index contributed by atoms with van der Waals surface area (Å²) < 4.78 is 0. The molecule has 2 aromatic rings. The highest BCUT2D eigenvalue weighted by atomic mass is 32.1. The highest BCUT2D eigenvalue weighted by Crippen LogP contribution is 2.27. The number of nitrogens with one attached hydrogen (secondary N) is 2. The highest BCUT2D eigenvalue weighted by molar-refractivity contribution is 7.10. The Hall–Kier alpha value is -2.12. The Balaban J connectivity index is 1.40. The fraction of sp³-hybridized carbons (Fsp3) is 0.565. The molecule has 4 rings (SSSR count). The maximum atomic E-state index is 4.86. The number of likely N-dealkylation sites (tertiary alicyclic amines) is 1. The first-order chi connectivity index (χ1) is 14.8. The minimum Gasteiger partial charge on any atom is -0.357 e. The first kappa shape index (κ1) is 21.1. The summed E-state index contributed by atoms with van der Waals surface area (Å²) in [6, 6.07) is 9.10. The lowest BCUT2D eigenvalue weighted by molar-refractivity contribution is 0.249. The number of anilines is 1. The molecule has 1 atom stereocenters. The van der Waals surface area contributed by atoms with Crippen LogP contribution in [0.2, 0.25) is 0 Å². The van der Waals surface area contributed by atoms with Crippen molar-refractivity contribution < 1.29 is 0 Å². The number of hydrogen-bond acceptors (Lipinski definition) is 5. The lowest BCUT2D eigenvalue weighted by Crippen LogP contribution is -2.42. The van der Waals surface area contributed by atoms with E-state index in [-0.39, 0.29) is 0 Å². The molecule has 0 aromatic carbocycles. The number of nitrogens with zero attached hydrogens (tertiary/aromatic N) is 4. The van der Waals surface area contributed by atoms with Crippen LogP contribution in [-0.4, -0.2) is 55.1 Å². The quantitative estimate of drug-likeness (QED) is 0.499. The third kappa shape index (κ3) is 5.52. The van der Waals surface area contributed by atoms with Crippen molar-refractivity contribution in [1.29, 1.82) is 0 Å². The smallest absolute Gasteiger partial charge is 0.191 e. The largest absolute Gasteiger partial charge is 0.357 e. The van der Waals surface area contributed by atoms with E-state index in [2.05, 4.69) is 62.0 Å². The van der Waals surface area contributed by atoms with Gasteiger partial charge < -0.3 is 15.5 Å². The SMILES string of the molecule is CCNC(=NCc1ccnc(N2CCCC2)c1)NCC(c1cccs1)N1CCCC1. The van der Waals surface area contributed by atoms with Crippen LogP contribution in [0.15, 0.2) is 40.8 Å². The van der Waals surface area contributed by atoms with Crippen LogP contribution >= 0.6 is 11.3 Å². The van der Waals surface area contributed by atoms with Gasteiger partial charge in [0.1, 0.15) is 5.82 Å². The first-order valence-corrected chi connectivity index (χ1v) is 12.2. The van der Waals surface area contributed by atoms with Gasteiger partial charge >= 0.3 is 0 Å². The Labute approximate surface area is 184 Å². The Bertz CT molecular complexity index is 794. The third-order valence-corrected chi connectivity index (χ3v) is 6.89. The van der Waals surface area contributed by atoms with E-state index in [1.165, 1.54) is 49.2 Å². The van der Waals surface area contributed by atoms with Gasteiger partial charge in [-0.25, -0.2) is 9.98 Å². The van der Waals surface area contributed by atoms with E-state index in [1.807, 2.05) is 17.5 Å². The molecule has 7 heteroatoms. The van der Waals surface area contributed by atoms with Gasteiger partial charge in [-0.3, -0.25) is 4.90 Å². The zero-order valence-electron chi connectivity index (χ0n) is 18.0. The summed E-state index contributed by atoms with van der Waals surface area (Å²) in [5.41, 5.74) is 1.21. The van der Waals surface area contributed by atoms with Gasteiger partial charge in [-0.2, -0.15) is 0 Å². The summed E-state index contributed by atoms with van der Waals surface area (Å²) in [6.07, 6.45) is 7.05. The first-order valence-electron chi connectivity index (χ1n) is 11.3. The van der Waals surface area contributed by atoms with Crippen molar-refractivity contribution in [2.75, 3.05) is 44.2 Å². The normalized spacial score (nSPS) is 18.7.